The molecular formula is C8H17ClN2. The first-order chi connectivity index (χ1) is 4.63. The molecular weight excluding hydrogens is 160 g/mol. The van der Waals surface area contributed by atoms with Crippen molar-refractivity contribution in [3.8, 4) is 6.07 Å². The van der Waals surface area contributed by atoms with Gasteiger partial charge in [-0.05, 0) is 19.8 Å². The van der Waals surface area contributed by atoms with Gasteiger partial charge in [-0.2, -0.15) is 5.26 Å². The van der Waals surface area contributed by atoms with Gasteiger partial charge in [-0.1, -0.05) is 13.8 Å². The van der Waals surface area contributed by atoms with E-state index in [-0.39, 0.29) is 23.9 Å². The molecule has 0 saturated heterocycles. The van der Waals surface area contributed by atoms with Crippen LogP contribution in [0, 0.1) is 16.7 Å². The van der Waals surface area contributed by atoms with Crippen molar-refractivity contribution in [1.29, 1.82) is 5.26 Å². The quantitative estimate of drug-likeness (QED) is 0.716. The SMILES string of the molecule is CCC(C#N)(CC)[C@@H](C)N.Cl. The van der Waals surface area contributed by atoms with Crippen molar-refractivity contribution in [1.82, 2.24) is 0 Å². The highest BCUT2D eigenvalue weighted by atomic mass is 35.5. The molecule has 0 aliphatic heterocycles. The van der Waals surface area contributed by atoms with Crippen molar-refractivity contribution >= 4 is 12.4 Å². The van der Waals surface area contributed by atoms with Gasteiger partial charge >= 0.3 is 0 Å². The van der Waals surface area contributed by atoms with Crippen molar-refractivity contribution in [2.75, 3.05) is 0 Å². The molecule has 0 amide bonds. The molecule has 0 aromatic carbocycles. The number of halogens is 1. The van der Waals surface area contributed by atoms with E-state index in [0.29, 0.717) is 0 Å². The first kappa shape index (κ1) is 13.3. The summed E-state index contributed by atoms with van der Waals surface area (Å²) >= 11 is 0. The Kier molecular flexibility index (Phi) is 6.55. The minimum Gasteiger partial charge on any atom is -0.327 e. The number of nitriles is 1. The third kappa shape index (κ3) is 2.69. The second kappa shape index (κ2) is 5.40. The van der Waals surface area contributed by atoms with Gasteiger partial charge in [0.15, 0.2) is 0 Å². The highest BCUT2D eigenvalue weighted by Gasteiger charge is 2.29. The zero-order valence-electron chi connectivity index (χ0n) is 7.42. The monoisotopic (exact) mass is 176 g/mol. The molecule has 0 bridgehead atoms. The summed E-state index contributed by atoms with van der Waals surface area (Å²) in [6, 6.07) is 2.27. The minimum absolute atomic E-state index is 0. The van der Waals surface area contributed by atoms with Crippen LogP contribution in [0.25, 0.3) is 0 Å². The van der Waals surface area contributed by atoms with E-state index in [0.717, 1.165) is 12.8 Å². The molecule has 3 heteroatoms. The minimum atomic E-state index is -0.292. The molecule has 1 atom stereocenters. The number of rotatable bonds is 3. The maximum Gasteiger partial charge on any atom is 0.0716 e. The Hall–Kier alpha value is -0.260. The van der Waals surface area contributed by atoms with E-state index in [1.165, 1.54) is 0 Å². The first-order valence-corrected chi connectivity index (χ1v) is 3.79. The Morgan fingerprint density at radius 3 is 1.82 bits per heavy atom. The van der Waals surface area contributed by atoms with E-state index >= 15 is 0 Å². The Bertz CT molecular complexity index is 134. The van der Waals surface area contributed by atoms with Gasteiger partial charge in [-0.25, -0.2) is 0 Å². The van der Waals surface area contributed by atoms with Crippen molar-refractivity contribution < 1.29 is 0 Å². The number of hydrogen-bond donors (Lipinski definition) is 1. The van der Waals surface area contributed by atoms with Crippen LogP contribution in [0.4, 0.5) is 0 Å². The van der Waals surface area contributed by atoms with Crippen LogP contribution in [-0.2, 0) is 0 Å². The molecule has 0 aromatic rings. The van der Waals surface area contributed by atoms with Crippen molar-refractivity contribution in [3.63, 3.8) is 0 Å². The fourth-order valence-electron chi connectivity index (χ4n) is 1.15. The van der Waals surface area contributed by atoms with Crippen LogP contribution in [0.5, 0.6) is 0 Å². The molecule has 0 heterocycles. The topological polar surface area (TPSA) is 49.8 Å². The van der Waals surface area contributed by atoms with Crippen molar-refractivity contribution in [3.05, 3.63) is 0 Å². The predicted molar refractivity (Wildman–Crippen MR) is 49.5 cm³/mol. The van der Waals surface area contributed by atoms with Gasteiger partial charge in [0, 0.05) is 6.04 Å². The molecule has 0 aliphatic rings. The van der Waals surface area contributed by atoms with Gasteiger partial charge in [-0.3, -0.25) is 0 Å². The lowest BCUT2D eigenvalue weighted by molar-refractivity contribution is 0.305. The predicted octanol–water partition coefficient (Wildman–Crippen LogP) is 2.09. The highest BCUT2D eigenvalue weighted by molar-refractivity contribution is 5.85. The molecule has 0 saturated carbocycles. The lowest BCUT2D eigenvalue weighted by atomic mass is 9.78. The van der Waals surface area contributed by atoms with Crippen LogP contribution in [0.2, 0.25) is 0 Å². The van der Waals surface area contributed by atoms with Gasteiger partial charge in [0.25, 0.3) is 0 Å². The summed E-state index contributed by atoms with van der Waals surface area (Å²) in [5.41, 5.74) is 5.39. The lowest BCUT2D eigenvalue weighted by Gasteiger charge is -2.27. The van der Waals surface area contributed by atoms with Crippen LogP contribution in [0.15, 0.2) is 0 Å². The van der Waals surface area contributed by atoms with Crippen molar-refractivity contribution in [2.45, 2.75) is 39.7 Å². The van der Waals surface area contributed by atoms with Gasteiger partial charge in [0.05, 0.1) is 11.5 Å². The molecule has 0 radical (unpaired) electrons. The van der Waals surface area contributed by atoms with Crippen molar-refractivity contribution in [2.24, 2.45) is 11.1 Å². The van der Waals surface area contributed by atoms with Gasteiger partial charge in [-0.15, -0.1) is 12.4 Å². The van der Waals surface area contributed by atoms with E-state index in [4.69, 9.17) is 11.0 Å². The summed E-state index contributed by atoms with van der Waals surface area (Å²) in [5, 5.41) is 8.82. The van der Waals surface area contributed by atoms with E-state index in [1.807, 2.05) is 20.8 Å². The molecule has 2 N–H and O–H groups in total. The summed E-state index contributed by atoms with van der Waals surface area (Å²) in [7, 11) is 0. The first-order valence-electron chi connectivity index (χ1n) is 3.79. The van der Waals surface area contributed by atoms with E-state index in [1.54, 1.807) is 0 Å². The number of nitrogens with zero attached hydrogens (tertiary/aromatic N) is 1. The molecule has 0 unspecified atom stereocenters. The standard InChI is InChI=1S/C8H16N2.ClH/c1-4-8(5-2,6-9)7(3)10;/h7H,4-5,10H2,1-3H3;1H/t7-;/m1./s1. The average molecular weight is 177 g/mol. The fraction of sp³-hybridized carbons (Fsp3) is 0.875. The largest absolute Gasteiger partial charge is 0.327 e. The third-order valence-electron chi connectivity index (χ3n) is 2.36. The maximum atomic E-state index is 8.82. The Morgan fingerprint density at radius 2 is 1.82 bits per heavy atom. The Balaban J connectivity index is 0. The smallest absolute Gasteiger partial charge is 0.0716 e. The maximum absolute atomic E-state index is 8.82. The van der Waals surface area contributed by atoms with Gasteiger partial charge < -0.3 is 5.73 Å². The Labute approximate surface area is 75.2 Å². The molecule has 0 rings (SSSR count). The van der Waals surface area contributed by atoms with Crippen LogP contribution < -0.4 is 5.73 Å². The summed E-state index contributed by atoms with van der Waals surface area (Å²) in [6.07, 6.45) is 1.69. The van der Waals surface area contributed by atoms with Crippen LogP contribution in [0.1, 0.15) is 33.6 Å². The molecule has 11 heavy (non-hydrogen) atoms. The molecule has 0 aromatic heterocycles. The van der Waals surface area contributed by atoms with E-state index < -0.39 is 0 Å². The fourth-order valence-corrected chi connectivity index (χ4v) is 1.15. The second-order valence-corrected chi connectivity index (χ2v) is 2.76. The molecule has 0 aliphatic carbocycles. The highest BCUT2D eigenvalue weighted by Crippen LogP contribution is 2.27. The zero-order valence-corrected chi connectivity index (χ0v) is 8.24. The molecule has 2 nitrogen and oxygen atoms in total. The third-order valence-corrected chi connectivity index (χ3v) is 2.36. The normalized spacial score (nSPS) is 13.0. The Morgan fingerprint density at radius 1 is 1.45 bits per heavy atom. The van der Waals surface area contributed by atoms with Gasteiger partial charge in [0.1, 0.15) is 0 Å². The number of nitrogens with two attached hydrogens (primary N) is 1. The molecule has 0 spiro atoms. The van der Waals surface area contributed by atoms with Crippen LogP contribution >= 0.6 is 12.4 Å². The van der Waals surface area contributed by atoms with Crippen LogP contribution in [0.3, 0.4) is 0 Å². The summed E-state index contributed by atoms with van der Waals surface area (Å²) in [5.74, 6) is 0. The zero-order chi connectivity index (χ0) is 8.20. The molecule has 0 fully saturated rings. The van der Waals surface area contributed by atoms with E-state index in [2.05, 4.69) is 6.07 Å². The summed E-state index contributed by atoms with van der Waals surface area (Å²) in [4.78, 5) is 0. The molecule has 66 valence electrons. The number of hydrogen-bond acceptors (Lipinski definition) is 2. The second-order valence-electron chi connectivity index (χ2n) is 2.76. The summed E-state index contributed by atoms with van der Waals surface area (Å²) < 4.78 is 0. The lowest BCUT2D eigenvalue weighted by Crippen LogP contribution is -2.37. The summed E-state index contributed by atoms with van der Waals surface area (Å²) in [6.45, 7) is 5.92. The average Bonchev–Trinajstić information content (AvgIpc) is 1.92. The van der Waals surface area contributed by atoms with E-state index in [9.17, 15) is 0 Å². The van der Waals surface area contributed by atoms with Crippen LogP contribution in [-0.4, -0.2) is 6.04 Å². The van der Waals surface area contributed by atoms with Gasteiger partial charge in [0.2, 0.25) is 0 Å².